The number of esters is 1. The lowest BCUT2D eigenvalue weighted by Gasteiger charge is -2.36. The molecule has 0 radical (unpaired) electrons. The van der Waals surface area contributed by atoms with E-state index in [1.807, 2.05) is 36.4 Å². The fraction of sp³-hybridized carbons (Fsp3) is 0.231. The summed E-state index contributed by atoms with van der Waals surface area (Å²) in [5.74, 6) is -1.15. The molecule has 0 fully saturated rings. The van der Waals surface area contributed by atoms with E-state index in [-0.39, 0.29) is 56.0 Å². The molecule has 2 aliphatic rings. The van der Waals surface area contributed by atoms with E-state index in [9.17, 15) is 14.4 Å². The van der Waals surface area contributed by atoms with E-state index in [0.29, 0.717) is 38.5 Å². The second kappa shape index (κ2) is 10.6. The largest absolute Gasteiger partial charge is 0.461 e. The van der Waals surface area contributed by atoms with Crippen LogP contribution in [0.1, 0.15) is 34.7 Å². The molecular weight excluding hydrogens is 544 g/mol. The predicted octanol–water partition coefficient (Wildman–Crippen LogP) is 3.42. The molecule has 39 heavy (non-hydrogen) atoms. The van der Waals surface area contributed by atoms with Crippen LogP contribution in [0.15, 0.2) is 68.5 Å². The average Bonchev–Trinajstić information content (AvgIpc) is 3.65. The number of aromatic nitrogens is 3. The number of Topliss-reactive ketones (excluding diaryl/α,β-unsaturated/α-hetero) is 1. The molecule has 1 amide bonds. The smallest absolute Gasteiger partial charge is 0.356 e. The van der Waals surface area contributed by atoms with Gasteiger partial charge in [-0.2, -0.15) is 0 Å². The summed E-state index contributed by atoms with van der Waals surface area (Å²) < 4.78 is 11.5. The first kappa shape index (κ1) is 26.6. The maximum absolute atomic E-state index is 13.4. The summed E-state index contributed by atoms with van der Waals surface area (Å²) in [7, 11) is 0. The van der Waals surface area contributed by atoms with Crippen molar-refractivity contribution in [2.45, 2.75) is 23.1 Å². The van der Waals surface area contributed by atoms with Crippen LogP contribution in [-0.4, -0.2) is 63.8 Å². The zero-order valence-electron chi connectivity index (χ0n) is 20.8. The van der Waals surface area contributed by atoms with Crippen LogP contribution in [0.5, 0.6) is 0 Å². The summed E-state index contributed by atoms with van der Waals surface area (Å²) in [5.41, 5.74) is 9.73. The number of para-hydroxylation sites is 2. The number of nitrogens with zero attached hydrogens (tertiary/aromatic N) is 2. The zero-order chi connectivity index (χ0) is 26.4. The van der Waals surface area contributed by atoms with Gasteiger partial charge in [-0.05, 0) is 43.0 Å². The predicted molar refractivity (Wildman–Crippen MR) is 146 cm³/mol. The minimum Gasteiger partial charge on any atom is -0.461 e. The third kappa shape index (κ3) is 4.71. The number of hydrogen-bond donors (Lipinski definition) is 4. The molecule has 0 bridgehead atoms. The van der Waals surface area contributed by atoms with Crippen LogP contribution in [0, 0.1) is 0 Å². The Hall–Kier alpha value is -4.00. The summed E-state index contributed by atoms with van der Waals surface area (Å²) in [5, 5.41) is 4.48. The molecule has 11 nitrogen and oxygen atoms in total. The Morgan fingerprint density at radius 1 is 1.23 bits per heavy atom. The number of aromatic amines is 2. The molecule has 0 saturated heterocycles. The van der Waals surface area contributed by atoms with Gasteiger partial charge in [-0.1, -0.05) is 12.1 Å². The molecule has 0 spiro atoms. The number of hydrogen-bond acceptors (Lipinski definition) is 9. The molecule has 5 N–H and O–H groups in total. The van der Waals surface area contributed by atoms with Crippen molar-refractivity contribution in [3.63, 3.8) is 0 Å². The number of nitrogens with two attached hydrogens (primary N) is 1. The van der Waals surface area contributed by atoms with Gasteiger partial charge >= 0.3 is 5.97 Å². The molecule has 4 aromatic rings. The van der Waals surface area contributed by atoms with Crippen molar-refractivity contribution in [2.24, 2.45) is 5.73 Å². The van der Waals surface area contributed by atoms with E-state index < -0.39 is 11.9 Å². The molecule has 3 aromatic heterocycles. The summed E-state index contributed by atoms with van der Waals surface area (Å²) in [4.78, 5) is 50.6. The normalized spacial score (nSPS) is 16.4. The number of rotatable bonds is 6. The van der Waals surface area contributed by atoms with Gasteiger partial charge in [0, 0.05) is 23.0 Å². The molecule has 2 aliphatic heterocycles. The van der Waals surface area contributed by atoms with Crippen molar-refractivity contribution in [1.29, 1.82) is 0 Å². The molecule has 202 valence electrons. The SMILES string of the molecule is CCOC(=O)c1[nH]cc2c1NC1=C(C(=O)CN(C(=O)CN)C1)[C@H]2c1ccc(Sc2nc3ccccc3[nH]2)o1.Cl. The average molecular weight is 569 g/mol. The number of H-pyrrole nitrogens is 2. The third-order valence-electron chi connectivity index (χ3n) is 6.55. The first-order valence-electron chi connectivity index (χ1n) is 12.1. The van der Waals surface area contributed by atoms with Crippen LogP contribution in [0.2, 0.25) is 0 Å². The van der Waals surface area contributed by atoms with Gasteiger partial charge in [0.25, 0.3) is 0 Å². The number of benzene rings is 1. The first-order chi connectivity index (χ1) is 18.5. The Kier molecular flexibility index (Phi) is 7.25. The number of carbonyl (C=O) groups excluding carboxylic acids is 3. The Morgan fingerprint density at radius 3 is 2.82 bits per heavy atom. The summed E-state index contributed by atoms with van der Waals surface area (Å²) >= 11 is 1.33. The molecule has 0 aliphatic carbocycles. The number of furan rings is 1. The fourth-order valence-corrected chi connectivity index (χ4v) is 5.66. The number of fused-ring (bicyclic) bond motifs is 2. The van der Waals surface area contributed by atoms with Crippen LogP contribution < -0.4 is 11.1 Å². The lowest BCUT2D eigenvalue weighted by Crippen LogP contribution is -2.47. The first-order valence-corrected chi connectivity index (χ1v) is 12.9. The molecule has 6 rings (SSSR count). The van der Waals surface area contributed by atoms with Gasteiger partial charge in [-0.25, -0.2) is 9.78 Å². The van der Waals surface area contributed by atoms with Crippen LogP contribution in [-0.2, 0) is 14.3 Å². The number of ketones is 1. The van der Waals surface area contributed by atoms with Crippen LogP contribution >= 0.6 is 24.2 Å². The van der Waals surface area contributed by atoms with Crippen molar-refractivity contribution in [3.8, 4) is 0 Å². The Morgan fingerprint density at radius 2 is 2.05 bits per heavy atom. The van der Waals surface area contributed by atoms with E-state index in [2.05, 4.69) is 20.3 Å². The van der Waals surface area contributed by atoms with Gasteiger partial charge in [-0.15, -0.1) is 12.4 Å². The molecule has 0 saturated carbocycles. The van der Waals surface area contributed by atoms with E-state index in [0.717, 1.165) is 11.0 Å². The van der Waals surface area contributed by atoms with Crippen molar-refractivity contribution in [2.75, 3.05) is 31.6 Å². The summed E-state index contributed by atoms with van der Waals surface area (Å²) in [6, 6.07) is 11.4. The molecular formula is C26H25ClN6O5S. The van der Waals surface area contributed by atoms with Gasteiger partial charge in [0.1, 0.15) is 11.5 Å². The van der Waals surface area contributed by atoms with Gasteiger partial charge < -0.3 is 35.1 Å². The maximum atomic E-state index is 13.4. The maximum Gasteiger partial charge on any atom is 0.356 e. The fourth-order valence-electron chi connectivity index (χ4n) is 4.89. The van der Waals surface area contributed by atoms with Crippen molar-refractivity contribution >= 4 is 58.5 Å². The van der Waals surface area contributed by atoms with Crippen LogP contribution in [0.4, 0.5) is 5.69 Å². The lowest BCUT2D eigenvalue weighted by atomic mass is 9.81. The second-order valence-corrected chi connectivity index (χ2v) is 9.85. The minimum atomic E-state index is -0.590. The Bertz CT molecular complexity index is 1590. The van der Waals surface area contributed by atoms with Gasteiger partial charge in [-0.3, -0.25) is 9.59 Å². The molecule has 1 atom stereocenters. The Balaban J connectivity index is 0.00000308. The number of nitrogens with one attached hydrogen (secondary N) is 3. The highest BCUT2D eigenvalue weighted by Crippen LogP contribution is 2.46. The van der Waals surface area contributed by atoms with Crippen molar-refractivity contribution < 1.29 is 23.5 Å². The van der Waals surface area contributed by atoms with Gasteiger partial charge in [0.05, 0.1) is 48.9 Å². The Labute approximate surface area is 232 Å². The number of carbonyl (C=O) groups is 3. The highest BCUT2D eigenvalue weighted by atomic mass is 35.5. The highest BCUT2D eigenvalue weighted by Gasteiger charge is 2.41. The molecule has 13 heteroatoms. The van der Waals surface area contributed by atoms with E-state index in [1.54, 1.807) is 13.1 Å². The zero-order valence-corrected chi connectivity index (χ0v) is 22.4. The van der Waals surface area contributed by atoms with Crippen molar-refractivity contribution in [3.05, 3.63) is 70.9 Å². The number of halogens is 1. The van der Waals surface area contributed by atoms with Gasteiger partial charge in [0.15, 0.2) is 16.0 Å². The van der Waals surface area contributed by atoms with E-state index in [1.165, 1.54) is 16.7 Å². The molecule has 0 unspecified atom stereocenters. The van der Waals surface area contributed by atoms with Crippen LogP contribution in [0.25, 0.3) is 11.0 Å². The number of anilines is 1. The number of amides is 1. The second-order valence-electron chi connectivity index (χ2n) is 8.86. The van der Waals surface area contributed by atoms with E-state index >= 15 is 0 Å². The molecule has 5 heterocycles. The number of imidazole rings is 1. The van der Waals surface area contributed by atoms with Crippen molar-refractivity contribution in [1.82, 2.24) is 19.9 Å². The summed E-state index contributed by atoms with van der Waals surface area (Å²) in [6.07, 6.45) is 1.68. The van der Waals surface area contributed by atoms with Crippen LogP contribution in [0.3, 0.4) is 0 Å². The lowest BCUT2D eigenvalue weighted by molar-refractivity contribution is -0.133. The third-order valence-corrected chi connectivity index (χ3v) is 7.36. The monoisotopic (exact) mass is 568 g/mol. The summed E-state index contributed by atoms with van der Waals surface area (Å²) in [6.45, 7) is 1.80. The quantitative estimate of drug-likeness (QED) is 0.256. The minimum absolute atomic E-state index is 0. The standard InChI is InChI=1S/C26H24N6O5S.ClH/c1-2-36-25(35)24-23-13(10-28-24)21(22-16(29-23)11-32(12-17(22)33)19(34)9-27)18-7-8-20(37-18)38-26-30-14-5-3-4-6-15(14)31-26;/h3-8,10,21,28-29H,2,9,11-12,27H2,1H3,(H,30,31);1H/t21-;/m1./s1. The topological polar surface area (TPSA) is 159 Å². The van der Waals surface area contributed by atoms with E-state index in [4.69, 9.17) is 14.9 Å². The van der Waals surface area contributed by atoms with Gasteiger partial charge in [0.2, 0.25) is 5.91 Å². The molecule has 1 aromatic carbocycles. The number of ether oxygens (including phenoxy) is 1. The highest BCUT2D eigenvalue weighted by molar-refractivity contribution is 7.99.